The van der Waals surface area contributed by atoms with E-state index in [1.54, 1.807) is 56.3 Å². The van der Waals surface area contributed by atoms with Crippen LogP contribution in [-0.4, -0.2) is 22.9 Å². The average molecular weight is 398 g/mol. The van der Waals surface area contributed by atoms with Crippen molar-refractivity contribution in [2.45, 2.75) is 20.0 Å². The molecule has 0 bridgehead atoms. The number of ether oxygens (including phenoxy) is 1. The van der Waals surface area contributed by atoms with Gasteiger partial charge in [-0.25, -0.2) is 4.98 Å². The minimum Gasteiger partial charge on any atom is -0.479 e. The maximum atomic E-state index is 12.6. The monoisotopic (exact) mass is 397 g/mol. The molecule has 28 heavy (non-hydrogen) atoms. The highest BCUT2D eigenvalue weighted by molar-refractivity contribution is 6.30. The molecular formula is C20H16ClN3O4. The van der Waals surface area contributed by atoms with Gasteiger partial charge in [-0.3, -0.25) is 9.59 Å². The highest BCUT2D eigenvalue weighted by Gasteiger charge is 2.24. The molecule has 8 heteroatoms. The predicted molar refractivity (Wildman–Crippen MR) is 105 cm³/mol. The summed E-state index contributed by atoms with van der Waals surface area (Å²) >= 11 is 5.89. The number of carbonyl (C=O) groups is 2. The molecule has 0 aliphatic carbocycles. The van der Waals surface area contributed by atoms with E-state index in [1.807, 2.05) is 0 Å². The first kappa shape index (κ1) is 18.1. The largest absolute Gasteiger partial charge is 0.479 e. The van der Waals surface area contributed by atoms with Crippen LogP contribution in [-0.2, 0) is 4.79 Å². The van der Waals surface area contributed by atoms with Crippen molar-refractivity contribution in [1.29, 1.82) is 0 Å². The molecule has 7 nitrogen and oxygen atoms in total. The van der Waals surface area contributed by atoms with E-state index in [9.17, 15) is 9.59 Å². The Labute approximate surface area is 165 Å². The maximum Gasteiger partial charge on any atom is 0.277 e. The number of oxazole rings is 1. The molecule has 4 rings (SSSR count). The number of nitrogens with zero attached hydrogens (tertiary/aromatic N) is 1. The summed E-state index contributed by atoms with van der Waals surface area (Å²) in [5.41, 5.74) is 1.89. The topological polar surface area (TPSA) is 93.5 Å². The molecule has 1 atom stereocenters. The number of hydrogen-bond donors (Lipinski definition) is 2. The number of aromatic nitrogens is 1. The van der Waals surface area contributed by atoms with Crippen molar-refractivity contribution in [2.24, 2.45) is 0 Å². The smallest absolute Gasteiger partial charge is 0.277 e. The summed E-state index contributed by atoms with van der Waals surface area (Å²) in [7, 11) is 0. The van der Waals surface area contributed by atoms with Gasteiger partial charge in [0.15, 0.2) is 11.8 Å². The number of hydrogen-bond acceptors (Lipinski definition) is 5. The fourth-order valence-corrected chi connectivity index (χ4v) is 2.93. The van der Waals surface area contributed by atoms with Crippen LogP contribution in [0.5, 0.6) is 5.75 Å². The molecule has 2 heterocycles. The van der Waals surface area contributed by atoms with Crippen molar-refractivity contribution in [2.75, 3.05) is 10.6 Å². The summed E-state index contributed by atoms with van der Waals surface area (Å²) in [6.45, 7) is 3.34. The van der Waals surface area contributed by atoms with Crippen LogP contribution in [0.2, 0.25) is 5.02 Å². The number of fused-ring (bicyclic) bond motifs is 1. The van der Waals surface area contributed by atoms with Crippen LogP contribution in [0.15, 0.2) is 46.9 Å². The number of benzene rings is 2. The van der Waals surface area contributed by atoms with Crippen molar-refractivity contribution in [3.05, 3.63) is 58.9 Å². The van der Waals surface area contributed by atoms with Gasteiger partial charge in [-0.05, 0) is 56.3 Å². The Morgan fingerprint density at radius 1 is 1.21 bits per heavy atom. The van der Waals surface area contributed by atoms with Crippen LogP contribution >= 0.6 is 11.6 Å². The number of halogens is 1. The molecule has 0 saturated carbocycles. The van der Waals surface area contributed by atoms with Crippen LogP contribution in [0, 0.1) is 6.92 Å². The molecule has 1 aliphatic rings. The molecule has 2 amide bonds. The number of aryl methyl sites for hydroxylation is 1. The molecular weight excluding hydrogens is 382 g/mol. The van der Waals surface area contributed by atoms with E-state index < -0.39 is 12.0 Å². The standard InChI is InChI=1S/C20H16ClN3O4/c1-10-17(24-20(28-10)12-3-5-13(21)6-4-12)19(26)22-14-7-8-16-15(9-14)23-18(25)11(2)27-16/h3-9,11H,1-2H3,(H,22,26)(H,23,25)/t11-/m1/s1. The normalized spacial score (nSPS) is 15.4. The van der Waals surface area contributed by atoms with Gasteiger partial charge in [0.05, 0.1) is 5.69 Å². The molecule has 142 valence electrons. The van der Waals surface area contributed by atoms with Gasteiger partial charge in [0, 0.05) is 16.3 Å². The van der Waals surface area contributed by atoms with Gasteiger partial charge in [-0.15, -0.1) is 0 Å². The van der Waals surface area contributed by atoms with Crippen LogP contribution in [0.4, 0.5) is 11.4 Å². The maximum absolute atomic E-state index is 12.6. The molecule has 2 N–H and O–H groups in total. The average Bonchev–Trinajstić information content (AvgIpc) is 3.05. The molecule has 0 radical (unpaired) electrons. The lowest BCUT2D eigenvalue weighted by molar-refractivity contribution is -0.122. The third-order valence-electron chi connectivity index (χ3n) is 4.27. The van der Waals surface area contributed by atoms with Crippen LogP contribution in [0.1, 0.15) is 23.2 Å². The summed E-state index contributed by atoms with van der Waals surface area (Å²) < 4.78 is 11.1. The second-order valence-electron chi connectivity index (χ2n) is 6.35. The fraction of sp³-hybridized carbons (Fsp3) is 0.150. The Hall–Kier alpha value is -3.32. The lowest BCUT2D eigenvalue weighted by atomic mass is 10.2. The number of rotatable bonds is 3. The van der Waals surface area contributed by atoms with E-state index in [-0.39, 0.29) is 11.6 Å². The Morgan fingerprint density at radius 2 is 1.96 bits per heavy atom. The van der Waals surface area contributed by atoms with Gasteiger partial charge in [-0.2, -0.15) is 0 Å². The first-order chi connectivity index (χ1) is 13.4. The van der Waals surface area contributed by atoms with Crippen molar-refractivity contribution < 1.29 is 18.7 Å². The molecule has 2 aromatic carbocycles. The molecule has 0 saturated heterocycles. The zero-order valence-electron chi connectivity index (χ0n) is 15.1. The van der Waals surface area contributed by atoms with Gasteiger partial charge in [0.2, 0.25) is 5.89 Å². The van der Waals surface area contributed by atoms with Gasteiger partial charge in [-0.1, -0.05) is 11.6 Å². The third kappa shape index (κ3) is 3.44. The van der Waals surface area contributed by atoms with E-state index in [2.05, 4.69) is 15.6 Å². The zero-order valence-corrected chi connectivity index (χ0v) is 15.8. The van der Waals surface area contributed by atoms with Gasteiger partial charge < -0.3 is 19.8 Å². The summed E-state index contributed by atoms with van der Waals surface area (Å²) in [5, 5.41) is 6.10. The summed E-state index contributed by atoms with van der Waals surface area (Å²) in [5.74, 6) is 0.617. The first-order valence-electron chi connectivity index (χ1n) is 8.57. The van der Waals surface area contributed by atoms with E-state index >= 15 is 0 Å². The van der Waals surface area contributed by atoms with Crippen molar-refractivity contribution >= 4 is 34.8 Å². The van der Waals surface area contributed by atoms with Crippen LogP contribution in [0.25, 0.3) is 11.5 Å². The Morgan fingerprint density at radius 3 is 2.71 bits per heavy atom. The second-order valence-corrected chi connectivity index (χ2v) is 6.78. The van der Waals surface area contributed by atoms with E-state index in [1.165, 1.54) is 0 Å². The number of amides is 2. The van der Waals surface area contributed by atoms with Crippen molar-refractivity contribution in [1.82, 2.24) is 4.98 Å². The van der Waals surface area contributed by atoms with E-state index in [4.69, 9.17) is 20.8 Å². The summed E-state index contributed by atoms with van der Waals surface area (Å²) in [4.78, 5) is 28.7. The quantitative estimate of drug-likeness (QED) is 0.688. The molecule has 1 aromatic heterocycles. The third-order valence-corrected chi connectivity index (χ3v) is 4.52. The minimum atomic E-state index is -0.558. The highest BCUT2D eigenvalue weighted by atomic mass is 35.5. The van der Waals surface area contributed by atoms with Crippen molar-refractivity contribution in [3.8, 4) is 17.2 Å². The van der Waals surface area contributed by atoms with E-state index in [0.29, 0.717) is 39.4 Å². The minimum absolute atomic E-state index is 0.177. The Kier molecular flexibility index (Phi) is 4.52. The number of nitrogens with one attached hydrogen (secondary N) is 2. The SMILES string of the molecule is Cc1oc(-c2ccc(Cl)cc2)nc1C(=O)Nc1ccc2c(c1)NC(=O)[C@@H](C)O2. The van der Waals surface area contributed by atoms with Crippen LogP contribution < -0.4 is 15.4 Å². The molecule has 0 spiro atoms. The molecule has 0 fully saturated rings. The number of anilines is 2. The van der Waals surface area contributed by atoms with Gasteiger partial charge in [0.25, 0.3) is 11.8 Å². The molecule has 3 aromatic rings. The second kappa shape index (κ2) is 7.01. The molecule has 0 unspecified atom stereocenters. The fourth-order valence-electron chi connectivity index (χ4n) is 2.80. The van der Waals surface area contributed by atoms with Crippen LogP contribution in [0.3, 0.4) is 0 Å². The molecule has 1 aliphatic heterocycles. The van der Waals surface area contributed by atoms with Gasteiger partial charge in [0.1, 0.15) is 11.5 Å². The Balaban J connectivity index is 1.55. The van der Waals surface area contributed by atoms with Gasteiger partial charge >= 0.3 is 0 Å². The zero-order chi connectivity index (χ0) is 19.8. The predicted octanol–water partition coefficient (Wildman–Crippen LogP) is 4.28. The highest BCUT2D eigenvalue weighted by Crippen LogP contribution is 2.32. The summed E-state index contributed by atoms with van der Waals surface area (Å²) in [6.07, 6.45) is -0.558. The first-order valence-corrected chi connectivity index (χ1v) is 8.95. The lowest BCUT2D eigenvalue weighted by Gasteiger charge is -2.23. The number of carbonyl (C=O) groups excluding carboxylic acids is 2. The van der Waals surface area contributed by atoms with E-state index in [0.717, 1.165) is 0 Å². The Bertz CT molecular complexity index is 1080. The van der Waals surface area contributed by atoms with Crippen molar-refractivity contribution in [3.63, 3.8) is 0 Å². The summed E-state index contributed by atoms with van der Waals surface area (Å²) in [6, 6.07) is 12.0. The lowest BCUT2D eigenvalue weighted by Crippen LogP contribution is -2.34.